The van der Waals surface area contributed by atoms with Crippen LogP contribution in [0.15, 0.2) is 48.5 Å². The van der Waals surface area contributed by atoms with Crippen molar-refractivity contribution in [3.8, 4) is 0 Å². The largest absolute Gasteiger partial charge is 0.452 e. The zero-order valence-electron chi connectivity index (χ0n) is 18.0. The SMILES string of the molecule is CCn1c(C)cc(C(=O)OCC(=O)Nc2ccc3c(c2)C(=O)c2ccccc2C3=O)c1C. The van der Waals surface area contributed by atoms with Gasteiger partial charge in [0.15, 0.2) is 18.2 Å². The normalized spacial score (nSPS) is 12.2. The number of nitrogens with zero attached hydrogens (tertiary/aromatic N) is 1. The van der Waals surface area contributed by atoms with E-state index in [-0.39, 0.29) is 17.1 Å². The summed E-state index contributed by atoms with van der Waals surface area (Å²) >= 11 is 0. The van der Waals surface area contributed by atoms with Gasteiger partial charge in [-0.2, -0.15) is 0 Å². The molecule has 0 unspecified atom stereocenters. The van der Waals surface area contributed by atoms with Crippen LogP contribution in [-0.4, -0.2) is 34.6 Å². The summed E-state index contributed by atoms with van der Waals surface area (Å²) in [5.41, 5.74) is 3.73. The molecule has 1 N–H and O–H groups in total. The van der Waals surface area contributed by atoms with E-state index < -0.39 is 18.5 Å². The molecule has 0 bridgehead atoms. The second-order valence-corrected chi connectivity index (χ2v) is 7.62. The smallest absolute Gasteiger partial charge is 0.340 e. The average Bonchev–Trinajstić information content (AvgIpc) is 3.09. The maximum atomic E-state index is 12.8. The molecule has 1 heterocycles. The molecular weight excluding hydrogens is 408 g/mol. The number of amides is 1. The molecule has 1 amide bonds. The second kappa shape index (κ2) is 8.26. The fourth-order valence-corrected chi connectivity index (χ4v) is 4.08. The molecule has 4 rings (SSSR count). The summed E-state index contributed by atoms with van der Waals surface area (Å²) in [5, 5.41) is 2.62. The van der Waals surface area contributed by atoms with Gasteiger partial charge in [0.1, 0.15) is 0 Å². The zero-order chi connectivity index (χ0) is 23.0. The molecule has 0 spiro atoms. The van der Waals surface area contributed by atoms with Crippen LogP contribution in [0.1, 0.15) is 60.5 Å². The van der Waals surface area contributed by atoms with Crippen molar-refractivity contribution in [3.63, 3.8) is 0 Å². The Hall–Kier alpha value is -4.00. The number of aryl methyl sites for hydroxylation is 1. The Balaban J connectivity index is 1.45. The van der Waals surface area contributed by atoms with Gasteiger partial charge in [0, 0.05) is 45.9 Å². The molecule has 0 saturated carbocycles. The van der Waals surface area contributed by atoms with Crippen molar-refractivity contribution in [3.05, 3.63) is 87.7 Å². The first-order valence-corrected chi connectivity index (χ1v) is 10.3. The Morgan fingerprint density at radius 2 is 1.53 bits per heavy atom. The minimum atomic E-state index is -0.573. The molecule has 0 fully saturated rings. The number of esters is 1. The Bertz CT molecular complexity index is 1290. The number of rotatable bonds is 5. The summed E-state index contributed by atoms with van der Waals surface area (Å²) in [5.74, 6) is -1.62. The lowest BCUT2D eigenvalue weighted by atomic mass is 9.84. The number of ether oxygens (including phenoxy) is 1. The fraction of sp³-hybridized carbons (Fsp3) is 0.200. The van der Waals surface area contributed by atoms with Crippen LogP contribution < -0.4 is 5.32 Å². The minimum Gasteiger partial charge on any atom is -0.452 e. The number of nitrogens with one attached hydrogen (secondary N) is 1. The van der Waals surface area contributed by atoms with E-state index in [2.05, 4.69) is 5.32 Å². The number of hydrogen-bond acceptors (Lipinski definition) is 5. The molecular formula is C25H22N2O5. The summed E-state index contributed by atoms with van der Waals surface area (Å²) in [4.78, 5) is 50.2. The summed E-state index contributed by atoms with van der Waals surface area (Å²) in [6, 6.07) is 12.9. The molecule has 3 aromatic rings. The van der Waals surface area contributed by atoms with Crippen LogP contribution in [0.3, 0.4) is 0 Å². The molecule has 1 aromatic heterocycles. The first-order chi connectivity index (χ1) is 15.3. The molecule has 0 aliphatic heterocycles. The van der Waals surface area contributed by atoms with Crippen LogP contribution in [0.25, 0.3) is 0 Å². The van der Waals surface area contributed by atoms with Crippen LogP contribution in [0.4, 0.5) is 5.69 Å². The van der Waals surface area contributed by atoms with Gasteiger partial charge in [-0.25, -0.2) is 4.79 Å². The molecule has 1 aliphatic carbocycles. The van der Waals surface area contributed by atoms with Crippen LogP contribution in [-0.2, 0) is 16.1 Å². The van der Waals surface area contributed by atoms with Crippen molar-refractivity contribution in [2.45, 2.75) is 27.3 Å². The van der Waals surface area contributed by atoms with Gasteiger partial charge in [0.25, 0.3) is 5.91 Å². The van der Waals surface area contributed by atoms with Crippen molar-refractivity contribution in [2.24, 2.45) is 0 Å². The molecule has 7 heteroatoms. The number of anilines is 1. The standard InChI is InChI=1S/C25H22N2O5/c1-4-27-14(2)11-20(15(27)3)25(31)32-13-22(28)26-16-9-10-19-21(12-16)24(30)18-8-6-5-7-17(18)23(19)29/h5-12H,4,13H2,1-3H3,(H,26,28). The van der Waals surface area contributed by atoms with Crippen molar-refractivity contribution in [1.82, 2.24) is 4.57 Å². The molecule has 0 radical (unpaired) electrons. The van der Waals surface area contributed by atoms with Crippen LogP contribution in [0.2, 0.25) is 0 Å². The van der Waals surface area contributed by atoms with E-state index in [0.29, 0.717) is 27.9 Å². The summed E-state index contributed by atoms with van der Waals surface area (Å²) in [6.45, 7) is 5.98. The monoisotopic (exact) mass is 430 g/mol. The highest BCUT2D eigenvalue weighted by Crippen LogP contribution is 2.29. The van der Waals surface area contributed by atoms with Crippen molar-refractivity contribution in [2.75, 3.05) is 11.9 Å². The summed E-state index contributed by atoms with van der Waals surface area (Å²) < 4.78 is 7.15. The maximum Gasteiger partial charge on any atom is 0.340 e. The summed E-state index contributed by atoms with van der Waals surface area (Å²) in [6.07, 6.45) is 0. The number of fused-ring (bicyclic) bond motifs is 2. The lowest BCUT2D eigenvalue weighted by Crippen LogP contribution is -2.23. The van der Waals surface area contributed by atoms with Gasteiger partial charge >= 0.3 is 5.97 Å². The Kier molecular flexibility index (Phi) is 5.48. The van der Waals surface area contributed by atoms with Gasteiger partial charge < -0.3 is 14.6 Å². The quantitative estimate of drug-likeness (QED) is 0.487. The predicted octanol–water partition coefficient (Wildman–Crippen LogP) is 3.70. The van der Waals surface area contributed by atoms with Crippen LogP contribution >= 0.6 is 0 Å². The fourth-order valence-electron chi connectivity index (χ4n) is 4.08. The van der Waals surface area contributed by atoms with Crippen molar-refractivity contribution in [1.29, 1.82) is 0 Å². The summed E-state index contributed by atoms with van der Waals surface area (Å²) in [7, 11) is 0. The zero-order valence-corrected chi connectivity index (χ0v) is 18.0. The van der Waals surface area contributed by atoms with Gasteiger partial charge in [0.2, 0.25) is 0 Å². The lowest BCUT2D eigenvalue weighted by Gasteiger charge is -2.18. The minimum absolute atomic E-state index is 0.230. The molecule has 7 nitrogen and oxygen atoms in total. The van der Waals surface area contributed by atoms with E-state index in [1.807, 2.05) is 25.3 Å². The van der Waals surface area contributed by atoms with Crippen molar-refractivity contribution >= 4 is 29.1 Å². The van der Waals surface area contributed by atoms with Crippen LogP contribution in [0, 0.1) is 13.8 Å². The third kappa shape index (κ3) is 3.62. The van der Waals surface area contributed by atoms with E-state index in [4.69, 9.17) is 4.74 Å². The number of carbonyl (C=O) groups excluding carboxylic acids is 4. The van der Waals surface area contributed by atoms with Gasteiger partial charge in [-0.05, 0) is 45.0 Å². The molecule has 0 atom stereocenters. The van der Waals surface area contributed by atoms with E-state index in [1.165, 1.54) is 12.1 Å². The van der Waals surface area contributed by atoms with E-state index in [1.54, 1.807) is 36.4 Å². The molecule has 162 valence electrons. The molecule has 1 aliphatic rings. The number of aromatic nitrogens is 1. The van der Waals surface area contributed by atoms with Gasteiger partial charge in [0.05, 0.1) is 5.56 Å². The third-order valence-electron chi connectivity index (χ3n) is 5.65. The van der Waals surface area contributed by atoms with E-state index >= 15 is 0 Å². The third-order valence-corrected chi connectivity index (χ3v) is 5.65. The highest BCUT2D eigenvalue weighted by Gasteiger charge is 2.29. The topological polar surface area (TPSA) is 94.5 Å². The first kappa shape index (κ1) is 21.2. The number of ketones is 2. The predicted molar refractivity (Wildman–Crippen MR) is 118 cm³/mol. The number of benzene rings is 2. The highest BCUT2D eigenvalue weighted by atomic mass is 16.5. The molecule has 2 aromatic carbocycles. The van der Waals surface area contributed by atoms with Crippen LogP contribution in [0.5, 0.6) is 0 Å². The van der Waals surface area contributed by atoms with Gasteiger partial charge in [-0.15, -0.1) is 0 Å². The van der Waals surface area contributed by atoms with E-state index in [0.717, 1.165) is 17.9 Å². The second-order valence-electron chi connectivity index (χ2n) is 7.62. The van der Waals surface area contributed by atoms with E-state index in [9.17, 15) is 19.2 Å². The number of carbonyl (C=O) groups is 4. The highest BCUT2D eigenvalue weighted by molar-refractivity contribution is 6.28. The van der Waals surface area contributed by atoms with Gasteiger partial charge in [-0.1, -0.05) is 24.3 Å². The number of hydrogen-bond donors (Lipinski definition) is 1. The lowest BCUT2D eigenvalue weighted by molar-refractivity contribution is -0.119. The first-order valence-electron chi connectivity index (χ1n) is 10.3. The molecule has 32 heavy (non-hydrogen) atoms. The maximum absolute atomic E-state index is 12.8. The molecule has 0 saturated heterocycles. The van der Waals surface area contributed by atoms with Crippen molar-refractivity contribution < 1.29 is 23.9 Å². The average molecular weight is 430 g/mol. The Morgan fingerprint density at radius 1 is 0.906 bits per heavy atom. The van der Waals surface area contributed by atoms with Gasteiger partial charge in [-0.3, -0.25) is 14.4 Å². The Morgan fingerprint density at radius 3 is 2.16 bits per heavy atom. The Labute approximate surface area is 185 Å².